The minimum absolute atomic E-state index is 0. The third kappa shape index (κ3) is 4.42. The number of rotatable bonds is 4. The maximum Gasteiger partial charge on any atom is 0.282 e. The molecule has 1 aromatic carbocycles. The number of amides is 2. The third-order valence-corrected chi connectivity index (χ3v) is 3.85. The van der Waals surface area contributed by atoms with Gasteiger partial charge in [-0.1, -0.05) is 12.1 Å². The van der Waals surface area contributed by atoms with Gasteiger partial charge < -0.3 is 15.1 Å². The lowest BCUT2D eigenvalue weighted by Gasteiger charge is -2.29. The Bertz CT molecular complexity index is 632. The van der Waals surface area contributed by atoms with Gasteiger partial charge in [-0.25, -0.2) is 0 Å². The van der Waals surface area contributed by atoms with E-state index >= 15 is 0 Å². The summed E-state index contributed by atoms with van der Waals surface area (Å²) in [6, 6.07) is 4.48. The highest BCUT2D eigenvalue weighted by molar-refractivity contribution is 6.01. The van der Waals surface area contributed by atoms with E-state index in [-0.39, 0.29) is 36.1 Å². The Balaban J connectivity index is 0.00000288. The molecule has 2 rings (SSSR count). The van der Waals surface area contributed by atoms with Crippen LogP contribution in [0.4, 0.5) is 5.69 Å². The lowest BCUT2D eigenvalue weighted by Crippen LogP contribution is -2.49. The minimum Gasteiger partial charge on any atom is -0.339 e. The first-order chi connectivity index (χ1) is 10.9. The van der Waals surface area contributed by atoms with Crippen LogP contribution >= 0.6 is 12.4 Å². The smallest absolute Gasteiger partial charge is 0.282 e. The van der Waals surface area contributed by atoms with E-state index in [4.69, 9.17) is 0 Å². The first kappa shape index (κ1) is 19.9. The van der Waals surface area contributed by atoms with Crippen LogP contribution in [0.2, 0.25) is 0 Å². The van der Waals surface area contributed by atoms with E-state index in [2.05, 4.69) is 5.32 Å². The number of hydrogen-bond donors (Lipinski definition) is 1. The summed E-state index contributed by atoms with van der Waals surface area (Å²) in [6.07, 6.45) is 0. The lowest BCUT2D eigenvalue weighted by molar-refractivity contribution is -0.385. The van der Waals surface area contributed by atoms with Crippen LogP contribution in [0.5, 0.6) is 0 Å². The predicted octanol–water partition coefficient (Wildman–Crippen LogP) is 0.829. The second kappa shape index (κ2) is 8.60. The summed E-state index contributed by atoms with van der Waals surface area (Å²) in [5.41, 5.74) is 0.315. The maximum atomic E-state index is 12.5. The molecule has 0 spiro atoms. The molecule has 8 nitrogen and oxygen atoms in total. The number of carbonyl (C=O) groups excluding carboxylic acids is 2. The van der Waals surface area contributed by atoms with Crippen molar-refractivity contribution in [2.75, 3.05) is 39.8 Å². The van der Waals surface area contributed by atoms with Crippen molar-refractivity contribution >= 4 is 29.9 Å². The standard InChI is InChI=1S/C15H20N4O4.ClH/c1-11-4-3-5-12(19(22)23)14(11)15(21)17(2)10-13(20)18-8-6-16-7-9-18;/h3-5,16H,6-10H2,1-2H3;1H. The second-order valence-electron chi connectivity index (χ2n) is 5.52. The van der Waals surface area contributed by atoms with Crippen LogP contribution in [0, 0.1) is 17.0 Å². The molecule has 132 valence electrons. The summed E-state index contributed by atoms with van der Waals surface area (Å²) < 4.78 is 0. The van der Waals surface area contributed by atoms with E-state index in [1.54, 1.807) is 17.9 Å². The van der Waals surface area contributed by atoms with E-state index in [0.717, 1.165) is 13.1 Å². The summed E-state index contributed by atoms with van der Waals surface area (Å²) in [7, 11) is 1.48. The van der Waals surface area contributed by atoms with E-state index < -0.39 is 10.8 Å². The van der Waals surface area contributed by atoms with Gasteiger partial charge in [-0.3, -0.25) is 19.7 Å². The molecule has 0 unspecified atom stereocenters. The zero-order valence-electron chi connectivity index (χ0n) is 13.7. The third-order valence-electron chi connectivity index (χ3n) is 3.85. The lowest BCUT2D eigenvalue weighted by atomic mass is 10.1. The molecular formula is C15H21ClN4O4. The van der Waals surface area contributed by atoms with Crippen LogP contribution in [0.1, 0.15) is 15.9 Å². The zero-order valence-corrected chi connectivity index (χ0v) is 14.5. The fourth-order valence-corrected chi connectivity index (χ4v) is 2.56. The van der Waals surface area contributed by atoms with Crippen molar-refractivity contribution in [3.05, 3.63) is 39.4 Å². The molecular weight excluding hydrogens is 336 g/mol. The Morgan fingerprint density at radius 3 is 2.54 bits per heavy atom. The summed E-state index contributed by atoms with van der Waals surface area (Å²) in [6.45, 7) is 4.21. The largest absolute Gasteiger partial charge is 0.339 e. The van der Waals surface area contributed by atoms with Gasteiger partial charge in [0, 0.05) is 39.3 Å². The normalized spacial score (nSPS) is 13.8. The number of nitrogens with one attached hydrogen (secondary N) is 1. The van der Waals surface area contributed by atoms with Crippen LogP contribution in [0.25, 0.3) is 0 Å². The summed E-state index contributed by atoms with van der Waals surface area (Å²) in [5.74, 6) is -0.670. The van der Waals surface area contributed by atoms with Crippen molar-refractivity contribution in [3.63, 3.8) is 0 Å². The number of carbonyl (C=O) groups is 2. The molecule has 0 saturated carbocycles. The first-order valence-corrected chi connectivity index (χ1v) is 7.39. The molecule has 1 aromatic rings. The number of benzene rings is 1. The summed E-state index contributed by atoms with van der Waals surface area (Å²) in [4.78, 5) is 38.2. The van der Waals surface area contributed by atoms with E-state index in [1.165, 1.54) is 24.1 Å². The van der Waals surface area contributed by atoms with Crippen LogP contribution < -0.4 is 5.32 Å². The van der Waals surface area contributed by atoms with Crippen molar-refractivity contribution in [1.82, 2.24) is 15.1 Å². The molecule has 24 heavy (non-hydrogen) atoms. The SMILES string of the molecule is Cc1cccc([N+](=O)[O-])c1C(=O)N(C)CC(=O)N1CCNCC1.Cl. The fraction of sp³-hybridized carbons (Fsp3) is 0.467. The monoisotopic (exact) mass is 356 g/mol. The maximum absolute atomic E-state index is 12.5. The average Bonchev–Trinajstić information content (AvgIpc) is 2.54. The number of halogens is 1. The number of nitro groups is 1. The van der Waals surface area contributed by atoms with Gasteiger partial charge in [-0.15, -0.1) is 12.4 Å². The fourth-order valence-electron chi connectivity index (χ4n) is 2.56. The number of likely N-dealkylation sites (N-methyl/N-ethyl adjacent to an activating group) is 1. The number of piperazine rings is 1. The van der Waals surface area contributed by atoms with E-state index in [0.29, 0.717) is 18.7 Å². The number of nitro benzene ring substituents is 1. The van der Waals surface area contributed by atoms with Gasteiger partial charge >= 0.3 is 0 Å². The van der Waals surface area contributed by atoms with Crippen LogP contribution in [0.15, 0.2) is 18.2 Å². The highest BCUT2D eigenvalue weighted by Gasteiger charge is 2.27. The molecule has 2 amide bonds. The van der Waals surface area contributed by atoms with Crippen molar-refractivity contribution in [3.8, 4) is 0 Å². The minimum atomic E-state index is -0.577. The van der Waals surface area contributed by atoms with Crippen LogP contribution in [0.3, 0.4) is 0 Å². The molecule has 1 heterocycles. The molecule has 1 aliphatic heterocycles. The number of aryl methyl sites for hydroxylation is 1. The molecule has 0 radical (unpaired) electrons. The zero-order chi connectivity index (χ0) is 17.0. The van der Waals surface area contributed by atoms with Crippen LogP contribution in [-0.4, -0.2) is 66.3 Å². The number of nitrogens with zero attached hydrogens (tertiary/aromatic N) is 3. The van der Waals surface area contributed by atoms with Crippen molar-refractivity contribution in [2.24, 2.45) is 0 Å². The van der Waals surface area contributed by atoms with Gasteiger partial charge in [0.2, 0.25) is 5.91 Å². The van der Waals surface area contributed by atoms with Gasteiger partial charge in [-0.2, -0.15) is 0 Å². The molecule has 0 aliphatic carbocycles. The molecule has 1 aliphatic rings. The Hall–Kier alpha value is -2.19. The van der Waals surface area contributed by atoms with Gasteiger partial charge in [0.1, 0.15) is 5.56 Å². The van der Waals surface area contributed by atoms with E-state index in [9.17, 15) is 19.7 Å². The average molecular weight is 357 g/mol. The molecule has 0 aromatic heterocycles. The Labute approximate surface area is 146 Å². The van der Waals surface area contributed by atoms with Gasteiger partial charge in [-0.05, 0) is 12.5 Å². The highest BCUT2D eigenvalue weighted by Crippen LogP contribution is 2.23. The molecule has 1 N–H and O–H groups in total. The Morgan fingerprint density at radius 2 is 1.96 bits per heavy atom. The summed E-state index contributed by atoms with van der Waals surface area (Å²) in [5, 5.41) is 14.3. The molecule has 0 atom stereocenters. The van der Waals surface area contributed by atoms with Gasteiger partial charge in [0.05, 0.1) is 11.5 Å². The quantitative estimate of drug-likeness (QED) is 0.636. The molecule has 9 heteroatoms. The number of hydrogen-bond acceptors (Lipinski definition) is 5. The van der Waals surface area contributed by atoms with Gasteiger partial charge in [0.15, 0.2) is 0 Å². The van der Waals surface area contributed by atoms with Crippen LogP contribution in [-0.2, 0) is 4.79 Å². The molecule has 1 fully saturated rings. The Morgan fingerprint density at radius 1 is 1.33 bits per heavy atom. The van der Waals surface area contributed by atoms with E-state index in [1.807, 2.05) is 0 Å². The second-order valence-corrected chi connectivity index (χ2v) is 5.52. The topological polar surface area (TPSA) is 95.8 Å². The van der Waals surface area contributed by atoms with Crippen molar-refractivity contribution in [2.45, 2.75) is 6.92 Å². The predicted molar refractivity (Wildman–Crippen MR) is 91.5 cm³/mol. The summed E-state index contributed by atoms with van der Waals surface area (Å²) >= 11 is 0. The first-order valence-electron chi connectivity index (χ1n) is 7.39. The Kier molecular flexibility index (Phi) is 7.12. The van der Waals surface area contributed by atoms with Crippen molar-refractivity contribution < 1.29 is 14.5 Å². The highest BCUT2D eigenvalue weighted by atomic mass is 35.5. The van der Waals surface area contributed by atoms with Crippen molar-refractivity contribution in [1.29, 1.82) is 0 Å². The van der Waals surface area contributed by atoms with Gasteiger partial charge in [0.25, 0.3) is 11.6 Å². The molecule has 1 saturated heterocycles. The molecule has 0 bridgehead atoms.